The quantitative estimate of drug-likeness (QED) is 0.826. The van der Waals surface area contributed by atoms with Gasteiger partial charge >= 0.3 is 0 Å². The molecule has 19 heavy (non-hydrogen) atoms. The van der Waals surface area contributed by atoms with Gasteiger partial charge in [0.15, 0.2) is 0 Å². The Balaban J connectivity index is 2.04. The second kappa shape index (κ2) is 5.38. The summed E-state index contributed by atoms with van der Waals surface area (Å²) in [6.45, 7) is 2.49. The number of aromatic nitrogens is 3. The van der Waals surface area contributed by atoms with Crippen LogP contribution in [0.4, 0.5) is 11.4 Å². The van der Waals surface area contributed by atoms with Gasteiger partial charge in [0.2, 0.25) is 5.91 Å². The third kappa shape index (κ3) is 3.21. The van der Waals surface area contributed by atoms with E-state index in [9.17, 15) is 9.59 Å². The molecule has 2 aromatic rings. The van der Waals surface area contributed by atoms with Crippen LogP contribution < -0.4 is 16.6 Å². The van der Waals surface area contributed by atoms with E-state index in [2.05, 4.69) is 10.4 Å². The maximum Gasteiger partial charge on any atom is 0.250 e. The number of nitrogens with one attached hydrogen (secondary N) is 1. The molecule has 0 bridgehead atoms. The Morgan fingerprint density at radius 1 is 1.42 bits per heavy atom. The molecule has 0 fully saturated rings. The van der Waals surface area contributed by atoms with Gasteiger partial charge in [0.05, 0.1) is 17.6 Å². The van der Waals surface area contributed by atoms with E-state index in [4.69, 9.17) is 5.73 Å². The molecule has 1 amide bonds. The Labute approximate surface area is 109 Å². The van der Waals surface area contributed by atoms with Crippen LogP contribution in [0.1, 0.15) is 6.92 Å². The average Bonchev–Trinajstić information content (AvgIpc) is 2.77. The molecular weight excluding hydrogens is 246 g/mol. The average molecular weight is 261 g/mol. The molecule has 0 radical (unpaired) electrons. The van der Waals surface area contributed by atoms with Crippen molar-refractivity contribution in [2.45, 2.75) is 20.0 Å². The van der Waals surface area contributed by atoms with Crippen LogP contribution in [0.3, 0.4) is 0 Å². The topological polar surface area (TPSA) is 94.9 Å². The van der Waals surface area contributed by atoms with Crippen molar-refractivity contribution in [2.24, 2.45) is 0 Å². The first kappa shape index (κ1) is 12.9. The van der Waals surface area contributed by atoms with Crippen molar-refractivity contribution in [1.82, 2.24) is 14.3 Å². The molecule has 7 nitrogen and oxygen atoms in total. The first-order valence-electron chi connectivity index (χ1n) is 5.86. The second-order valence-corrected chi connectivity index (χ2v) is 4.06. The van der Waals surface area contributed by atoms with Crippen molar-refractivity contribution in [1.29, 1.82) is 0 Å². The monoisotopic (exact) mass is 261 g/mol. The smallest absolute Gasteiger partial charge is 0.250 e. The van der Waals surface area contributed by atoms with Gasteiger partial charge in [-0.3, -0.25) is 14.3 Å². The lowest BCUT2D eigenvalue weighted by Crippen LogP contribution is -2.22. The molecule has 0 aliphatic heterocycles. The Hall–Kier alpha value is -2.57. The van der Waals surface area contributed by atoms with Crippen molar-refractivity contribution >= 4 is 17.3 Å². The van der Waals surface area contributed by atoms with Gasteiger partial charge < -0.3 is 15.6 Å². The fraction of sp³-hybridized carbons (Fsp3) is 0.250. The Bertz CT molecular complexity index is 644. The number of nitrogen functional groups attached to an aromatic ring is 1. The number of aryl methyl sites for hydroxylation is 1. The fourth-order valence-corrected chi connectivity index (χ4v) is 1.67. The molecule has 0 saturated carbocycles. The Morgan fingerprint density at radius 3 is 2.84 bits per heavy atom. The summed E-state index contributed by atoms with van der Waals surface area (Å²) in [7, 11) is 0. The summed E-state index contributed by atoms with van der Waals surface area (Å²) in [5.41, 5.74) is 6.49. The number of carbonyl (C=O) groups is 1. The van der Waals surface area contributed by atoms with Gasteiger partial charge in [0, 0.05) is 25.0 Å². The van der Waals surface area contributed by atoms with Gasteiger partial charge in [-0.2, -0.15) is 5.10 Å². The highest BCUT2D eigenvalue weighted by Crippen LogP contribution is 2.04. The summed E-state index contributed by atoms with van der Waals surface area (Å²) in [5.74, 6) is -0.232. The van der Waals surface area contributed by atoms with Gasteiger partial charge in [-0.1, -0.05) is 0 Å². The third-order valence-corrected chi connectivity index (χ3v) is 2.57. The normalized spacial score (nSPS) is 10.4. The predicted octanol–water partition coefficient (Wildman–Crippen LogP) is 0.286. The van der Waals surface area contributed by atoms with E-state index >= 15 is 0 Å². The zero-order chi connectivity index (χ0) is 13.8. The van der Waals surface area contributed by atoms with Crippen LogP contribution in [0.15, 0.2) is 35.5 Å². The molecule has 3 N–H and O–H groups in total. The van der Waals surface area contributed by atoms with E-state index in [1.54, 1.807) is 18.5 Å². The van der Waals surface area contributed by atoms with E-state index in [1.165, 1.54) is 21.5 Å². The van der Waals surface area contributed by atoms with E-state index in [1.807, 2.05) is 6.92 Å². The number of pyridine rings is 1. The summed E-state index contributed by atoms with van der Waals surface area (Å²) in [4.78, 5) is 23.2. The molecule has 0 spiro atoms. The van der Waals surface area contributed by atoms with Crippen LogP contribution in [0.5, 0.6) is 0 Å². The lowest BCUT2D eigenvalue weighted by Gasteiger charge is -2.07. The van der Waals surface area contributed by atoms with Crippen molar-refractivity contribution < 1.29 is 4.79 Å². The van der Waals surface area contributed by atoms with E-state index in [-0.39, 0.29) is 18.0 Å². The standard InChI is InChI=1S/C12H15N5O2/c1-2-16-7-10(3-4-12(16)19)15-11(18)8-17-6-9(13)5-14-17/h3-7H,2,8,13H2,1H3,(H,15,18). The second-order valence-electron chi connectivity index (χ2n) is 4.06. The Kier molecular flexibility index (Phi) is 3.65. The maximum atomic E-state index is 11.8. The molecule has 2 rings (SSSR count). The summed E-state index contributed by atoms with van der Waals surface area (Å²) >= 11 is 0. The number of anilines is 2. The van der Waals surface area contributed by atoms with Crippen LogP contribution >= 0.6 is 0 Å². The van der Waals surface area contributed by atoms with Gasteiger partial charge in [0.1, 0.15) is 6.54 Å². The van der Waals surface area contributed by atoms with E-state index in [0.29, 0.717) is 17.9 Å². The van der Waals surface area contributed by atoms with Crippen molar-refractivity contribution in [2.75, 3.05) is 11.1 Å². The lowest BCUT2D eigenvalue weighted by molar-refractivity contribution is -0.116. The van der Waals surface area contributed by atoms with E-state index < -0.39 is 0 Å². The first-order chi connectivity index (χ1) is 9.08. The minimum atomic E-state index is -0.232. The zero-order valence-corrected chi connectivity index (χ0v) is 10.5. The fourth-order valence-electron chi connectivity index (χ4n) is 1.67. The van der Waals surface area contributed by atoms with Gasteiger partial charge in [-0.05, 0) is 13.0 Å². The molecule has 0 saturated heterocycles. The number of amides is 1. The minimum absolute atomic E-state index is 0.0719. The molecular formula is C12H15N5O2. The highest BCUT2D eigenvalue weighted by atomic mass is 16.2. The lowest BCUT2D eigenvalue weighted by atomic mass is 10.4. The molecule has 100 valence electrons. The maximum absolute atomic E-state index is 11.8. The number of hydrogen-bond acceptors (Lipinski definition) is 4. The molecule has 2 aromatic heterocycles. The highest BCUT2D eigenvalue weighted by molar-refractivity contribution is 5.90. The molecule has 7 heteroatoms. The van der Waals surface area contributed by atoms with Crippen LogP contribution in [0.25, 0.3) is 0 Å². The molecule has 0 aromatic carbocycles. The third-order valence-electron chi connectivity index (χ3n) is 2.57. The van der Waals surface area contributed by atoms with Gasteiger partial charge in [-0.15, -0.1) is 0 Å². The number of rotatable bonds is 4. The molecule has 0 aliphatic rings. The predicted molar refractivity (Wildman–Crippen MR) is 71.6 cm³/mol. The number of nitrogens with zero attached hydrogens (tertiary/aromatic N) is 3. The number of nitrogens with two attached hydrogens (primary N) is 1. The molecule has 0 unspecified atom stereocenters. The minimum Gasteiger partial charge on any atom is -0.396 e. The van der Waals surface area contributed by atoms with Crippen LogP contribution in [0.2, 0.25) is 0 Å². The van der Waals surface area contributed by atoms with Crippen LogP contribution in [-0.2, 0) is 17.9 Å². The SMILES string of the molecule is CCn1cc(NC(=O)Cn2cc(N)cn2)ccc1=O. The van der Waals surface area contributed by atoms with Gasteiger partial charge in [-0.25, -0.2) is 0 Å². The molecule has 0 aliphatic carbocycles. The van der Waals surface area contributed by atoms with Crippen molar-refractivity contribution in [3.63, 3.8) is 0 Å². The summed E-state index contributed by atoms with van der Waals surface area (Å²) in [6.07, 6.45) is 4.66. The molecule has 2 heterocycles. The summed E-state index contributed by atoms with van der Waals surface area (Å²) in [6, 6.07) is 2.99. The van der Waals surface area contributed by atoms with Gasteiger partial charge in [0.25, 0.3) is 5.56 Å². The Morgan fingerprint density at radius 2 is 2.21 bits per heavy atom. The summed E-state index contributed by atoms with van der Waals surface area (Å²) < 4.78 is 2.96. The van der Waals surface area contributed by atoms with Crippen LogP contribution in [-0.4, -0.2) is 20.3 Å². The van der Waals surface area contributed by atoms with E-state index in [0.717, 1.165) is 0 Å². The molecule has 0 atom stereocenters. The van der Waals surface area contributed by atoms with Crippen LogP contribution in [0, 0.1) is 0 Å². The summed E-state index contributed by atoms with van der Waals surface area (Å²) in [5, 5.41) is 6.62. The first-order valence-corrected chi connectivity index (χ1v) is 5.86. The van der Waals surface area contributed by atoms with Crippen molar-refractivity contribution in [3.8, 4) is 0 Å². The van der Waals surface area contributed by atoms with Crippen molar-refractivity contribution in [3.05, 3.63) is 41.1 Å². The highest BCUT2D eigenvalue weighted by Gasteiger charge is 2.05. The zero-order valence-electron chi connectivity index (χ0n) is 10.5. The largest absolute Gasteiger partial charge is 0.396 e. The number of carbonyl (C=O) groups excluding carboxylic acids is 1. The number of hydrogen-bond donors (Lipinski definition) is 2.